The first-order valence-electron chi connectivity index (χ1n) is 21.9. The van der Waals surface area contributed by atoms with Gasteiger partial charge in [0.25, 0.3) is 0 Å². The third-order valence-electron chi connectivity index (χ3n) is 11.4. The van der Waals surface area contributed by atoms with Gasteiger partial charge in [-0.05, 0) is 24.0 Å². The summed E-state index contributed by atoms with van der Waals surface area (Å²) in [4.78, 5) is 5.00. The van der Waals surface area contributed by atoms with Crippen LogP contribution in [-0.2, 0) is 26.3 Å². The minimum absolute atomic E-state index is 0.187. The third-order valence-corrected chi connectivity index (χ3v) is 12.5. The Kier molecular flexibility index (Phi) is 5.93. The second kappa shape index (κ2) is 12.4. The minimum atomic E-state index is -2.44. The summed E-state index contributed by atoms with van der Waals surface area (Å²) in [6, 6.07) is 52.6. The Morgan fingerprint density at radius 2 is 1.38 bits per heavy atom. The van der Waals surface area contributed by atoms with Crippen molar-refractivity contribution in [2.24, 2.45) is 6.98 Å². The van der Waals surface area contributed by atoms with Gasteiger partial charge < -0.3 is 4.40 Å². The van der Waals surface area contributed by atoms with Gasteiger partial charge in [-0.15, -0.1) is 0 Å². The van der Waals surface area contributed by atoms with Crippen LogP contribution >= 0.6 is 0 Å². The van der Waals surface area contributed by atoms with E-state index < -0.39 is 13.8 Å². The molecular weight excluding hydrogens is 894 g/mol. The summed E-state index contributed by atoms with van der Waals surface area (Å²) in [7, 11) is 0. The van der Waals surface area contributed by atoms with Gasteiger partial charge in [0.05, 0.1) is 16.6 Å². The minimum Gasteiger partial charge on any atom is -0.0622 e. The van der Waals surface area contributed by atoms with Crippen LogP contribution in [0.1, 0.15) is 19.4 Å². The van der Waals surface area contributed by atoms with Crippen molar-refractivity contribution < 1.29 is 32.3 Å². The monoisotopic (exact) mass is 932 g/mol. The van der Waals surface area contributed by atoms with E-state index in [1.54, 1.807) is 18.3 Å². The second-order valence-electron chi connectivity index (χ2n) is 14.7. The molecule has 7 aromatic carbocycles. The predicted octanol–water partition coefficient (Wildman–Crippen LogP) is 12.4. The van der Waals surface area contributed by atoms with Crippen LogP contribution in [0.5, 0.6) is 11.5 Å². The molecule has 0 amide bonds. The SMILES string of the molecule is [2H]C([2H])([2H])c1cc(-n2c3[c-]c(Oc4[c-]c(-n5[c](=[Pt])n(C([2H])([2H])[2H])c6ccccc65)ccc4C)ccc3c3cc4c5cccc6c7ccccc7n(c4cc32)c65)ncc1-c1ccccc1. The van der Waals surface area contributed by atoms with Crippen LogP contribution in [-0.4, -0.2) is 23.1 Å². The summed E-state index contributed by atoms with van der Waals surface area (Å²) in [5.74, 6) is 1.28. The van der Waals surface area contributed by atoms with Crippen molar-refractivity contribution in [3.63, 3.8) is 0 Å². The van der Waals surface area contributed by atoms with Crippen LogP contribution in [0.3, 0.4) is 0 Å². The fraction of sp³-hybridized carbons (Fsp3) is 0.0588. The molecule has 0 spiro atoms. The molecule has 0 unspecified atom stereocenters. The summed E-state index contributed by atoms with van der Waals surface area (Å²) in [6.45, 7) is -2.91. The molecule has 0 aliphatic heterocycles. The number of aromatic nitrogens is 5. The van der Waals surface area contributed by atoms with Gasteiger partial charge in [0, 0.05) is 37.4 Å². The zero-order chi connectivity index (χ0) is 43.8. The van der Waals surface area contributed by atoms with Gasteiger partial charge in [0.2, 0.25) is 0 Å². The van der Waals surface area contributed by atoms with Gasteiger partial charge in [0.1, 0.15) is 0 Å². The number of nitrogens with zero attached hydrogens (tertiary/aromatic N) is 5. The van der Waals surface area contributed by atoms with E-state index >= 15 is 0 Å². The molecule has 58 heavy (non-hydrogen) atoms. The van der Waals surface area contributed by atoms with E-state index in [0.717, 1.165) is 60.3 Å². The first-order valence-corrected chi connectivity index (χ1v) is 20.0. The molecule has 12 aromatic rings. The van der Waals surface area contributed by atoms with Crippen LogP contribution in [0, 0.1) is 29.7 Å². The average molecular weight is 933 g/mol. The van der Waals surface area contributed by atoms with E-state index in [2.05, 4.69) is 90.5 Å². The van der Waals surface area contributed by atoms with Crippen molar-refractivity contribution in [1.29, 1.82) is 0 Å². The number of imidazole rings is 1. The molecule has 0 N–H and O–H groups in total. The number of pyridine rings is 1. The number of fused-ring (bicyclic) bond motifs is 10. The van der Waals surface area contributed by atoms with Gasteiger partial charge in [-0.25, -0.2) is 0 Å². The fourth-order valence-electron chi connectivity index (χ4n) is 8.79. The van der Waals surface area contributed by atoms with Gasteiger partial charge in [-0.2, -0.15) is 0 Å². The second-order valence-corrected chi connectivity index (χ2v) is 15.7. The molecule has 0 saturated heterocycles. The Balaban J connectivity index is 1.09. The number of rotatable bonds is 5. The maximum absolute atomic E-state index is 8.69. The van der Waals surface area contributed by atoms with Crippen molar-refractivity contribution >= 4 is 70.9 Å². The average Bonchev–Trinajstić information content (AvgIpc) is 3.99. The fourth-order valence-corrected chi connectivity index (χ4v) is 9.61. The first kappa shape index (κ1) is 27.8. The van der Waals surface area contributed by atoms with Crippen LogP contribution in [0.4, 0.5) is 0 Å². The molecule has 5 aromatic heterocycles. The molecule has 0 radical (unpaired) electrons. The van der Waals surface area contributed by atoms with E-state index in [4.69, 9.17) is 17.9 Å². The van der Waals surface area contributed by atoms with Crippen molar-refractivity contribution in [3.8, 4) is 34.1 Å². The molecule has 0 aliphatic rings. The van der Waals surface area contributed by atoms with E-state index in [-0.39, 0.29) is 5.56 Å². The number of para-hydroxylation sites is 4. The van der Waals surface area contributed by atoms with Crippen LogP contribution in [0.2, 0.25) is 0 Å². The summed E-state index contributed by atoms with van der Waals surface area (Å²) < 4.78 is 65.7. The van der Waals surface area contributed by atoms with E-state index in [1.807, 2.05) is 88.9 Å². The summed E-state index contributed by atoms with van der Waals surface area (Å²) in [5.41, 5.74) is 8.98. The topological polar surface area (TPSA) is 41.3 Å². The van der Waals surface area contributed by atoms with Crippen molar-refractivity contribution in [2.75, 3.05) is 0 Å². The molecule has 0 saturated carbocycles. The summed E-state index contributed by atoms with van der Waals surface area (Å²) in [5, 5.41) is 6.45. The Morgan fingerprint density at radius 3 is 2.22 bits per heavy atom. The smallest absolute Gasteiger partial charge is 0.0622 e. The molecular formula is C51H33N5OPt-2. The molecule has 280 valence electrons. The van der Waals surface area contributed by atoms with Crippen molar-refractivity contribution in [1.82, 2.24) is 23.1 Å². The maximum atomic E-state index is 8.69. The Hall–Kier alpha value is -6.75. The predicted molar refractivity (Wildman–Crippen MR) is 231 cm³/mol. The van der Waals surface area contributed by atoms with E-state index in [0.29, 0.717) is 43.4 Å². The van der Waals surface area contributed by atoms with Gasteiger partial charge in [-0.1, -0.05) is 66.7 Å². The Morgan fingerprint density at radius 1 is 0.621 bits per heavy atom. The Labute approximate surface area is 352 Å². The quantitative estimate of drug-likeness (QED) is 0.161. The molecule has 0 aliphatic carbocycles. The summed E-state index contributed by atoms with van der Waals surface area (Å²) >= 11 is 2.05. The van der Waals surface area contributed by atoms with Gasteiger partial charge >= 0.3 is 205 Å². The zero-order valence-corrected chi connectivity index (χ0v) is 33.1. The van der Waals surface area contributed by atoms with Crippen LogP contribution < -0.4 is 4.74 Å². The number of hydrogen-bond donors (Lipinski definition) is 0. The number of benzene rings is 7. The first-order chi connectivity index (χ1) is 30.8. The molecule has 0 bridgehead atoms. The number of aryl methyl sites for hydroxylation is 3. The molecule has 7 heteroatoms. The zero-order valence-electron chi connectivity index (χ0n) is 36.8. The molecule has 0 atom stereocenters. The number of ether oxygens (including phenoxy) is 1. The van der Waals surface area contributed by atoms with E-state index in [9.17, 15) is 0 Å². The summed E-state index contributed by atoms with van der Waals surface area (Å²) in [6.07, 6.45) is 1.66. The molecule has 5 heterocycles. The van der Waals surface area contributed by atoms with Gasteiger partial charge in [-0.3, -0.25) is 0 Å². The van der Waals surface area contributed by atoms with Gasteiger partial charge in [0.15, 0.2) is 0 Å². The Bertz CT molecular complexity index is 3950. The van der Waals surface area contributed by atoms with Crippen LogP contribution in [0.25, 0.3) is 93.6 Å². The molecule has 6 nitrogen and oxygen atoms in total. The molecule has 12 rings (SSSR count). The standard InChI is InChI=1S/C51H33N5O.Pt/c1-31-20-21-34(54-30-53(3)44-18-9-10-19-45(44)54)25-49(31)57-35-22-23-37-40-27-41-39-16-11-15-38-36-14-7-8-17-43(36)56(51(38)39)48(41)28-47(40)55(46(37)26-35)50-24-32(2)42(29-52-50)33-12-5-4-6-13-33;/h4-24,27-29H,1-3H3;/q-2;/i2D3,3D3;. The third kappa shape index (κ3) is 4.70. The van der Waals surface area contributed by atoms with Crippen LogP contribution in [0.15, 0.2) is 146 Å². The van der Waals surface area contributed by atoms with Crippen molar-refractivity contribution in [2.45, 2.75) is 13.8 Å². The van der Waals surface area contributed by atoms with E-state index in [1.165, 1.54) is 15.3 Å². The normalized spacial score (nSPS) is 14.1. The number of hydrogen-bond acceptors (Lipinski definition) is 2. The molecule has 0 fully saturated rings. The van der Waals surface area contributed by atoms with Crippen molar-refractivity contribution in [3.05, 3.63) is 173 Å².